The van der Waals surface area contributed by atoms with E-state index in [1.165, 1.54) is 11.1 Å². The van der Waals surface area contributed by atoms with E-state index in [9.17, 15) is 4.79 Å². The summed E-state index contributed by atoms with van der Waals surface area (Å²) in [5, 5.41) is 0. The van der Waals surface area contributed by atoms with Crippen molar-refractivity contribution in [1.29, 1.82) is 0 Å². The molecule has 2 N–H and O–H groups in total. The molecule has 2 aromatic carbocycles. The third-order valence-electron chi connectivity index (χ3n) is 4.85. The van der Waals surface area contributed by atoms with Crippen LogP contribution in [0.5, 0.6) is 0 Å². The minimum atomic E-state index is -0.542. The maximum absolute atomic E-state index is 12.4. The van der Waals surface area contributed by atoms with Crippen LogP contribution in [0, 0.1) is 5.41 Å². The van der Waals surface area contributed by atoms with E-state index in [2.05, 4.69) is 29.2 Å². The maximum atomic E-state index is 12.4. The Hall–Kier alpha value is -2.13. The summed E-state index contributed by atoms with van der Waals surface area (Å²) in [6, 6.07) is 20.5. The summed E-state index contributed by atoms with van der Waals surface area (Å²) in [5.74, 6) is -0.214. The summed E-state index contributed by atoms with van der Waals surface area (Å²) >= 11 is 0. The number of hydrogen-bond acceptors (Lipinski definition) is 2. The van der Waals surface area contributed by atoms with E-state index in [0.29, 0.717) is 6.54 Å². The van der Waals surface area contributed by atoms with Crippen molar-refractivity contribution in [3.8, 4) is 0 Å². The van der Waals surface area contributed by atoms with Crippen molar-refractivity contribution in [2.45, 2.75) is 11.8 Å². The van der Waals surface area contributed by atoms with Crippen LogP contribution in [-0.4, -0.2) is 31.4 Å². The summed E-state index contributed by atoms with van der Waals surface area (Å²) in [4.78, 5) is 14.4. The lowest BCUT2D eigenvalue weighted by Crippen LogP contribution is -2.40. The number of carbonyl (C=O) groups excluding carboxylic acids is 1. The van der Waals surface area contributed by atoms with Gasteiger partial charge in [0.05, 0.1) is 5.41 Å². The molecule has 0 heterocycles. The summed E-state index contributed by atoms with van der Waals surface area (Å²) in [6.45, 7) is 0.659. The van der Waals surface area contributed by atoms with Gasteiger partial charge in [-0.05, 0) is 31.6 Å². The van der Waals surface area contributed by atoms with E-state index in [0.717, 1.165) is 6.42 Å². The molecule has 0 spiro atoms. The highest BCUT2D eigenvalue weighted by molar-refractivity contribution is 5.89. The Morgan fingerprint density at radius 1 is 1.00 bits per heavy atom. The lowest BCUT2D eigenvalue weighted by atomic mass is 9.79. The van der Waals surface area contributed by atoms with Gasteiger partial charge in [0, 0.05) is 12.0 Å². The summed E-state index contributed by atoms with van der Waals surface area (Å²) in [6.07, 6.45) is 0.765. The van der Waals surface area contributed by atoms with E-state index < -0.39 is 5.41 Å². The molecule has 0 aromatic heterocycles. The average molecular weight is 294 g/mol. The van der Waals surface area contributed by atoms with Crippen LogP contribution in [-0.2, 0) is 10.2 Å². The van der Waals surface area contributed by atoms with E-state index in [1.54, 1.807) is 0 Å². The number of nitrogens with two attached hydrogens (primary N) is 1. The molecule has 22 heavy (non-hydrogen) atoms. The fourth-order valence-corrected chi connectivity index (χ4v) is 3.88. The Kier molecular flexibility index (Phi) is 3.53. The highest BCUT2D eigenvalue weighted by atomic mass is 16.1. The minimum absolute atomic E-state index is 0.214. The summed E-state index contributed by atoms with van der Waals surface area (Å²) < 4.78 is 0. The predicted molar refractivity (Wildman–Crippen MR) is 88.5 cm³/mol. The Morgan fingerprint density at radius 2 is 1.45 bits per heavy atom. The van der Waals surface area contributed by atoms with Gasteiger partial charge in [-0.3, -0.25) is 4.79 Å². The minimum Gasteiger partial charge on any atom is -0.369 e. The second kappa shape index (κ2) is 5.25. The topological polar surface area (TPSA) is 46.3 Å². The van der Waals surface area contributed by atoms with Crippen LogP contribution in [0.4, 0.5) is 0 Å². The Balaban J connectivity index is 2.17. The standard InChI is InChI=1S/C19H22N2O/c1-21(2)14-18(17(20)22)13-19(18,15-9-5-3-6-10-15)16-11-7-4-8-12-16/h3-12H,13-14H2,1-2H3,(H2,20,22). The fourth-order valence-electron chi connectivity index (χ4n) is 3.88. The van der Waals surface area contributed by atoms with Gasteiger partial charge in [0.15, 0.2) is 0 Å². The van der Waals surface area contributed by atoms with Gasteiger partial charge in [-0.15, -0.1) is 0 Å². The Bertz CT molecular complexity index is 627. The summed E-state index contributed by atoms with van der Waals surface area (Å²) in [7, 11) is 3.98. The third kappa shape index (κ3) is 2.04. The molecule has 0 radical (unpaired) electrons. The van der Waals surface area contributed by atoms with Crippen molar-refractivity contribution in [3.05, 3.63) is 71.8 Å². The van der Waals surface area contributed by atoms with E-state index in [-0.39, 0.29) is 11.3 Å². The number of hydrogen-bond donors (Lipinski definition) is 1. The van der Waals surface area contributed by atoms with Crippen LogP contribution in [0.25, 0.3) is 0 Å². The van der Waals surface area contributed by atoms with Gasteiger partial charge in [-0.25, -0.2) is 0 Å². The molecule has 0 aliphatic heterocycles. The highest BCUT2D eigenvalue weighted by Crippen LogP contribution is 2.68. The van der Waals surface area contributed by atoms with Crippen molar-refractivity contribution in [2.75, 3.05) is 20.6 Å². The number of amides is 1. The van der Waals surface area contributed by atoms with Crippen LogP contribution in [0.15, 0.2) is 60.7 Å². The van der Waals surface area contributed by atoms with E-state index in [4.69, 9.17) is 5.73 Å². The first-order chi connectivity index (χ1) is 10.5. The zero-order valence-electron chi connectivity index (χ0n) is 13.1. The second-order valence-corrected chi connectivity index (χ2v) is 6.50. The first kappa shape index (κ1) is 14.8. The Morgan fingerprint density at radius 3 is 1.82 bits per heavy atom. The molecule has 3 nitrogen and oxygen atoms in total. The predicted octanol–water partition coefficient (Wildman–Crippen LogP) is 2.41. The quantitative estimate of drug-likeness (QED) is 0.920. The molecule has 1 aliphatic rings. The maximum Gasteiger partial charge on any atom is 0.226 e. The van der Waals surface area contributed by atoms with Crippen LogP contribution in [0.1, 0.15) is 17.5 Å². The molecule has 1 fully saturated rings. The van der Waals surface area contributed by atoms with Crippen LogP contribution in [0.2, 0.25) is 0 Å². The molecular formula is C19H22N2O. The van der Waals surface area contributed by atoms with Crippen molar-refractivity contribution < 1.29 is 4.79 Å². The second-order valence-electron chi connectivity index (χ2n) is 6.50. The molecule has 114 valence electrons. The summed E-state index contributed by atoms with van der Waals surface area (Å²) in [5.41, 5.74) is 7.35. The van der Waals surface area contributed by atoms with Crippen molar-refractivity contribution in [3.63, 3.8) is 0 Å². The molecule has 0 bridgehead atoms. The van der Waals surface area contributed by atoms with Gasteiger partial charge in [0.25, 0.3) is 0 Å². The van der Waals surface area contributed by atoms with E-state index >= 15 is 0 Å². The molecule has 1 unspecified atom stereocenters. The third-order valence-corrected chi connectivity index (χ3v) is 4.85. The van der Waals surface area contributed by atoms with Gasteiger partial charge in [0.2, 0.25) is 5.91 Å². The number of benzene rings is 2. The first-order valence-corrected chi connectivity index (χ1v) is 7.59. The molecule has 1 saturated carbocycles. The molecule has 3 rings (SSSR count). The highest BCUT2D eigenvalue weighted by Gasteiger charge is 2.72. The first-order valence-electron chi connectivity index (χ1n) is 7.59. The number of primary amides is 1. The van der Waals surface area contributed by atoms with Crippen LogP contribution in [0.3, 0.4) is 0 Å². The van der Waals surface area contributed by atoms with Gasteiger partial charge >= 0.3 is 0 Å². The molecule has 1 amide bonds. The van der Waals surface area contributed by atoms with Crippen LogP contribution >= 0.6 is 0 Å². The molecular weight excluding hydrogens is 272 g/mol. The normalized spacial score (nSPS) is 22.5. The number of nitrogens with zero attached hydrogens (tertiary/aromatic N) is 1. The molecule has 1 aliphatic carbocycles. The van der Waals surface area contributed by atoms with E-state index in [1.807, 2.05) is 50.5 Å². The zero-order chi connectivity index (χ0) is 15.8. The van der Waals surface area contributed by atoms with Gasteiger partial charge in [0.1, 0.15) is 0 Å². The monoisotopic (exact) mass is 294 g/mol. The van der Waals surface area contributed by atoms with Crippen molar-refractivity contribution >= 4 is 5.91 Å². The number of rotatable bonds is 5. The van der Waals surface area contributed by atoms with Gasteiger partial charge in [-0.1, -0.05) is 60.7 Å². The average Bonchev–Trinajstić information content (AvgIpc) is 3.20. The van der Waals surface area contributed by atoms with Gasteiger partial charge < -0.3 is 10.6 Å². The Labute approximate surface area is 131 Å². The fraction of sp³-hybridized carbons (Fsp3) is 0.316. The molecule has 3 heteroatoms. The van der Waals surface area contributed by atoms with Crippen LogP contribution < -0.4 is 5.73 Å². The SMILES string of the molecule is CN(C)CC1(C(N)=O)CC1(c1ccccc1)c1ccccc1. The number of carbonyl (C=O) groups is 1. The van der Waals surface area contributed by atoms with Gasteiger partial charge in [-0.2, -0.15) is 0 Å². The molecule has 1 atom stereocenters. The molecule has 0 saturated heterocycles. The zero-order valence-corrected chi connectivity index (χ0v) is 13.1. The lowest BCUT2D eigenvalue weighted by molar-refractivity contribution is -0.124. The largest absolute Gasteiger partial charge is 0.369 e. The smallest absolute Gasteiger partial charge is 0.226 e. The van der Waals surface area contributed by atoms with Crippen molar-refractivity contribution in [2.24, 2.45) is 11.1 Å². The van der Waals surface area contributed by atoms with Crippen molar-refractivity contribution in [1.82, 2.24) is 4.90 Å². The molecule has 2 aromatic rings. The lowest BCUT2D eigenvalue weighted by Gasteiger charge is -2.27.